The lowest BCUT2D eigenvalue weighted by molar-refractivity contribution is 0.524. The molecular weight excluding hydrogens is 282 g/mol. The summed E-state index contributed by atoms with van der Waals surface area (Å²) in [6.45, 7) is 0. The third kappa shape index (κ3) is 3.25. The number of rotatable bonds is 4. The van der Waals surface area contributed by atoms with Gasteiger partial charge < -0.3 is 5.32 Å². The predicted molar refractivity (Wildman–Crippen MR) is 76.2 cm³/mol. The highest BCUT2D eigenvalue weighted by Crippen LogP contribution is 2.30. The molecule has 1 nitrogen and oxygen atoms in total. The number of halogens is 1. The summed E-state index contributed by atoms with van der Waals surface area (Å²) in [7, 11) is 2.09. The summed E-state index contributed by atoms with van der Waals surface area (Å²) in [6, 6.07) is 9.31. The first kappa shape index (κ1) is 12.5. The van der Waals surface area contributed by atoms with Crippen molar-refractivity contribution in [1.82, 2.24) is 5.32 Å². The predicted octanol–water partition coefficient (Wildman–Crippen LogP) is 3.48. The quantitative estimate of drug-likeness (QED) is 0.913. The molecule has 1 aliphatic rings. The van der Waals surface area contributed by atoms with E-state index in [1.807, 2.05) is 0 Å². The van der Waals surface area contributed by atoms with Crippen LogP contribution in [0, 0.1) is 0 Å². The van der Waals surface area contributed by atoms with E-state index in [0.29, 0.717) is 6.04 Å². The Balaban J connectivity index is 1.97. The minimum atomic E-state index is 0.619. The van der Waals surface area contributed by atoms with Gasteiger partial charge in [0.1, 0.15) is 0 Å². The summed E-state index contributed by atoms with van der Waals surface area (Å²) < 4.78 is 1.16. The minimum Gasteiger partial charge on any atom is -0.316 e. The summed E-state index contributed by atoms with van der Waals surface area (Å²) >= 11 is 5.60. The maximum atomic E-state index is 3.48. The van der Waals surface area contributed by atoms with Gasteiger partial charge in [0.25, 0.3) is 0 Å². The molecule has 0 amide bonds. The highest BCUT2D eigenvalue weighted by atomic mass is 79.9. The zero-order valence-corrected chi connectivity index (χ0v) is 12.0. The molecule has 1 aromatic rings. The molecule has 0 spiro atoms. The molecule has 0 aliphatic carbocycles. The van der Waals surface area contributed by atoms with Gasteiger partial charge >= 0.3 is 0 Å². The van der Waals surface area contributed by atoms with Gasteiger partial charge in [0.2, 0.25) is 0 Å². The molecular formula is C13H18BrNS. The third-order valence-corrected chi connectivity index (χ3v) is 5.20. The first-order valence-electron chi connectivity index (χ1n) is 5.83. The van der Waals surface area contributed by atoms with Crippen LogP contribution in [0.15, 0.2) is 28.7 Å². The van der Waals surface area contributed by atoms with Gasteiger partial charge in [-0.3, -0.25) is 0 Å². The summed E-state index contributed by atoms with van der Waals surface area (Å²) in [4.78, 5) is 0. The molecule has 0 saturated carbocycles. The van der Waals surface area contributed by atoms with Crippen molar-refractivity contribution in [3.8, 4) is 0 Å². The van der Waals surface area contributed by atoms with E-state index in [-0.39, 0.29) is 0 Å². The zero-order chi connectivity index (χ0) is 11.4. The highest BCUT2D eigenvalue weighted by Gasteiger charge is 2.24. The smallest absolute Gasteiger partial charge is 0.0223 e. The van der Waals surface area contributed by atoms with Crippen molar-refractivity contribution in [2.75, 3.05) is 12.8 Å². The van der Waals surface area contributed by atoms with Crippen LogP contribution >= 0.6 is 27.7 Å². The number of likely N-dealkylation sites (N-methyl/N-ethyl adjacent to an activating group) is 1. The summed E-state index contributed by atoms with van der Waals surface area (Å²) in [5.74, 6) is 1.34. The molecule has 0 bridgehead atoms. The lowest BCUT2D eigenvalue weighted by Crippen LogP contribution is -2.36. The maximum absolute atomic E-state index is 3.48. The number of hydrogen-bond donors (Lipinski definition) is 1. The maximum Gasteiger partial charge on any atom is 0.0223 e. The van der Waals surface area contributed by atoms with E-state index in [0.717, 1.165) is 16.1 Å². The lowest BCUT2D eigenvalue weighted by Gasteiger charge is -2.22. The van der Waals surface area contributed by atoms with Crippen molar-refractivity contribution in [3.63, 3.8) is 0 Å². The van der Waals surface area contributed by atoms with Gasteiger partial charge in [0, 0.05) is 15.8 Å². The third-order valence-electron chi connectivity index (χ3n) is 3.15. The summed E-state index contributed by atoms with van der Waals surface area (Å²) in [5, 5.41) is 4.27. The van der Waals surface area contributed by atoms with E-state index in [2.05, 4.69) is 64.3 Å². The number of nitrogens with one attached hydrogen (secondary N) is 1. The zero-order valence-electron chi connectivity index (χ0n) is 9.58. The van der Waals surface area contributed by atoms with E-state index < -0.39 is 0 Å². The van der Waals surface area contributed by atoms with Crippen LogP contribution < -0.4 is 5.32 Å². The molecule has 2 unspecified atom stereocenters. The van der Waals surface area contributed by atoms with Crippen LogP contribution in [-0.4, -0.2) is 24.1 Å². The second kappa shape index (κ2) is 6.08. The van der Waals surface area contributed by atoms with Crippen molar-refractivity contribution in [2.24, 2.45) is 0 Å². The molecule has 1 saturated heterocycles. The first-order valence-corrected chi connectivity index (χ1v) is 7.67. The van der Waals surface area contributed by atoms with Crippen LogP contribution in [-0.2, 0) is 6.42 Å². The summed E-state index contributed by atoms with van der Waals surface area (Å²) in [5.41, 5.74) is 1.43. The van der Waals surface area contributed by atoms with E-state index >= 15 is 0 Å². The first-order chi connectivity index (χ1) is 7.79. The molecule has 1 fully saturated rings. The van der Waals surface area contributed by atoms with Crippen LogP contribution in [0.3, 0.4) is 0 Å². The van der Waals surface area contributed by atoms with Gasteiger partial charge in [0.15, 0.2) is 0 Å². The average molecular weight is 300 g/mol. The lowest BCUT2D eigenvalue weighted by atomic mass is 10.0. The second-order valence-electron chi connectivity index (χ2n) is 4.28. The Morgan fingerprint density at radius 1 is 1.44 bits per heavy atom. The van der Waals surface area contributed by atoms with Crippen LogP contribution in [0.1, 0.15) is 18.4 Å². The van der Waals surface area contributed by atoms with Gasteiger partial charge in [-0.2, -0.15) is 11.8 Å². The molecule has 88 valence electrons. The Bertz CT molecular complexity index is 319. The van der Waals surface area contributed by atoms with Gasteiger partial charge in [-0.1, -0.05) is 28.1 Å². The Hall–Kier alpha value is 0.01000. The Morgan fingerprint density at radius 3 is 2.75 bits per heavy atom. The average Bonchev–Trinajstić information content (AvgIpc) is 2.82. The van der Waals surface area contributed by atoms with Gasteiger partial charge in [-0.25, -0.2) is 0 Å². The Morgan fingerprint density at radius 2 is 2.19 bits per heavy atom. The van der Waals surface area contributed by atoms with Crippen LogP contribution in [0.5, 0.6) is 0 Å². The fourth-order valence-corrected chi connectivity index (χ4v) is 3.91. The number of thioether (sulfide) groups is 1. The standard InChI is InChI=1S/C13H18BrNS/c1-15-12(13-3-2-8-16-13)9-10-4-6-11(14)7-5-10/h4-7,12-13,15H,2-3,8-9H2,1H3. The van der Waals surface area contributed by atoms with Crippen molar-refractivity contribution in [3.05, 3.63) is 34.3 Å². The minimum absolute atomic E-state index is 0.619. The monoisotopic (exact) mass is 299 g/mol. The Labute approximate surface area is 111 Å². The van der Waals surface area contributed by atoms with Crippen LogP contribution in [0.25, 0.3) is 0 Å². The van der Waals surface area contributed by atoms with Crippen molar-refractivity contribution >= 4 is 27.7 Å². The molecule has 16 heavy (non-hydrogen) atoms. The van der Waals surface area contributed by atoms with E-state index in [1.165, 1.54) is 24.2 Å². The molecule has 0 radical (unpaired) electrons. The van der Waals surface area contributed by atoms with E-state index in [1.54, 1.807) is 0 Å². The highest BCUT2D eigenvalue weighted by molar-refractivity contribution is 9.10. The van der Waals surface area contributed by atoms with E-state index in [9.17, 15) is 0 Å². The molecule has 1 heterocycles. The number of hydrogen-bond acceptors (Lipinski definition) is 2. The molecule has 1 aromatic carbocycles. The van der Waals surface area contributed by atoms with E-state index in [4.69, 9.17) is 0 Å². The molecule has 2 rings (SSSR count). The molecule has 0 aromatic heterocycles. The largest absolute Gasteiger partial charge is 0.316 e. The summed E-state index contributed by atoms with van der Waals surface area (Å²) in [6.07, 6.45) is 3.89. The van der Waals surface area contributed by atoms with Crippen molar-refractivity contribution in [2.45, 2.75) is 30.6 Å². The fraction of sp³-hybridized carbons (Fsp3) is 0.538. The second-order valence-corrected chi connectivity index (χ2v) is 6.54. The SMILES string of the molecule is CNC(Cc1ccc(Br)cc1)C1CCCS1. The molecule has 3 heteroatoms. The normalized spacial score (nSPS) is 22.2. The van der Waals surface area contributed by atoms with Crippen LogP contribution in [0.2, 0.25) is 0 Å². The van der Waals surface area contributed by atoms with Crippen LogP contribution in [0.4, 0.5) is 0 Å². The van der Waals surface area contributed by atoms with Gasteiger partial charge in [-0.05, 0) is 49.8 Å². The Kier molecular flexibility index (Phi) is 4.74. The van der Waals surface area contributed by atoms with Crippen molar-refractivity contribution in [1.29, 1.82) is 0 Å². The fourth-order valence-electron chi connectivity index (χ4n) is 2.21. The van der Waals surface area contributed by atoms with Gasteiger partial charge in [0.05, 0.1) is 0 Å². The van der Waals surface area contributed by atoms with Gasteiger partial charge in [-0.15, -0.1) is 0 Å². The number of benzene rings is 1. The molecule has 2 atom stereocenters. The molecule has 1 aliphatic heterocycles. The van der Waals surface area contributed by atoms with Crippen molar-refractivity contribution < 1.29 is 0 Å². The topological polar surface area (TPSA) is 12.0 Å². The molecule has 1 N–H and O–H groups in total.